The van der Waals surface area contributed by atoms with Crippen LogP contribution in [-0.2, 0) is 6.42 Å². The van der Waals surface area contributed by atoms with Crippen LogP contribution >= 0.6 is 0 Å². The van der Waals surface area contributed by atoms with E-state index in [2.05, 4.69) is 10.3 Å². The Labute approximate surface area is 105 Å². The van der Waals surface area contributed by atoms with Crippen LogP contribution in [0.2, 0.25) is 0 Å². The molecule has 0 saturated heterocycles. The lowest BCUT2D eigenvalue weighted by atomic mass is 10.1. The molecule has 0 unspecified atom stereocenters. The lowest BCUT2D eigenvalue weighted by Gasteiger charge is -2.05. The summed E-state index contributed by atoms with van der Waals surface area (Å²) in [7, 11) is 0. The Kier molecular flexibility index (Phi) is 3.86. The average molecular weight is 243 g/mol. The predicted molar refractivity (Wildman–Crippen MR) is 69.5 cm³/mol. The molecule has 5 nitrogen and oxygen atoms in total. The minimum Gasteiger partial charge on any atom is -0.385 e. The van der Waals surface area contributed by atoms with Gasteiger partial charge < -0.3 is 5.32 Å². The van der Waals surface area contributed by atoms with E-state index in [1.807, 2.05) is 12.1 Å². The summed E-state index contributed by atoms with van der Waals surface area (Å²) in [5.41, 5.74) is 2.22. The highest BCUT2D eigenvalue weighted by Gasteiger charge is 2.03. The number of nitrogens with zero attached hydrogens (tertiary/aromatic N) is 2. The highest BCUT2D eigenvalue weighted by Crippen LogP contribution is 2.12. The summed E-state index contributed by atoms with van der Waals surface area (Å²) in [6.07, 6.45) is 4.28. The van der Waals surface area contributed by atoms with Crippen LogP contribution in [0.5, 0.6) is 0 Å². The molecule has 18 heavy (non-hydrogen) atoms. The van der Waals surface area contributed by atoms with E-state index in [1.165, 1.54) is 12.1 Å². The highest BCUT2D eigenvalue weighted by molar-refractivity contribution is 5.41. The van der Waals surface area contributed by atoms with Crippen molar-refractivity contribution in [3.05, 3.63) is 64.5 Å². The van der Waals surface area contributed by atoms with E-state index in [9.17, 15) is 10.1 Å². The molecular weight excluding hydrogens is 230 g/mol. The van der Waals surface area contributed by atoms with E-state index in [1.54, 1.807) is 24.5 Å². The molecule has 0 aliphatic rings. The van der Waals surface area contributed by atoms with Crippen LogP contribution in [0.1, 0.15) is 5.56 Å². The maximum absolute atomic E-state index is 10.5. The molecule has 0 spiro atoms. The van der Waals surface area contributed by atoms with Gasteiger partial charge in [-0.15, -0.1) is 0 Å². The topological polar surface area (TPSA) is 68.1 Å². The Hall–Kier alpha value is -2.43. The number of rotatable bonds is 5. The first-order valence-electron chi connectivity index (χ1n) is 5.63. The molecule has 0 radical (unpaired) electrons. The summed E-state index contributed by atoms with van der Waals surface area (Å²) in [6.45, 7) is 0.780. The summed E-state index contributed by atoms with van der Waals surface area (Å²) in [6, 6.07) is 10.4. The van der Waals surface area contributed by atoms with Gasteiger partial charge in [0, 0.05) is 36.8 Å². The molecule has 0 bridgehead atoms. The van der Waals surface area contributed by atoms with Crippen LogP contribution in [-0.4, -0.2) is 16.5 Å². The van der Waals surface area contributed by atoms with Gasteiger partial charge in [0.25, 0.3) is 5.69 Å². The van der Waals surface area contributed by atoms with Crippen LogP contribution in [0.15, 0.2) is 48.8 Å². The summed E-state index contributed by atoms with van der Waals surface area (Å²) in [5.74, 6) is 0. The zero-order chi connectivity index (χ0) is 12.8. The van der Waals surface area contributed by atoms with Crippen LogP contribution in [0, 0.1) is 10.1 Å². The van der Waals surface area contributed by atoms with Crippen molar-refractivity contribution < 1.29 is 4.92 Å². The molecule has 92 valence electrons. The van der Waals surface area contributed by atoms with Crippen molar-refractivity contribution in [3.63, 3.8) is 0 Å². The number of aromatic nitrogens is 1. The van der Waals surface area contributed by atoms with E-state index in [4.69, 9.17) is 0 Å². The van der Waals surface area contributed by atoms with E-state index in [-0.39, 0.29) is 10.6 Å². The predicted octanol–water partition coefficient (Wildman–Crippen LogP) is 2.64. The van der Waals surface area contributed by atoms with Gasteiger partial charge in [0.2, 0.25) is 0 Å². The maximum Gasteiger partial charge on any atom is 0.269 e. The zero-order valence-corrected chi connectivity index (χ0v) is 9.74. The molecule has 0 saturated carbocycles. The van der Waals surface area contributed by atoms with Crippen molar-refractivity contribution in [3.8, 4) is 0 Å². The number of nitro groups is 1. The normalized spacial score (nSPS) is 10.0. The molecule has 0 atom stereocenters. The number of nitrogens with one attached hydrogen (secondary N) is 1. The van der Waals surface area contributed by atoms with Gasteiger partial charge in [-0.3, -0.25) is 15.1 Å². The number of benzene rings is 1. The molecule has 1 aromatic heterocycles. The SMILES string of the molecule is O=[N+]([O-])c1ccc(CCNc2ccncc2)cc1. The third kappa shape index (κ3) is 3.28. The molecule has 2 rings (SSSR count). The van der Waals surface area contributed by atoms with Crippen molar-refractivity contribution in [1.29, 1.82) is 0 Å². The summed E-state index contributed by atoms with van der Waals surface area (Å²) in [5, 5.41) is 13.8. The Morgan fingerprint density at radius 3 is 2.39 bits per heavy atom. The quantitative estimate of drug-likeness (QED) is 0.647. The second kappa shape index (κ2) is 5.77. The standard InChI is InChI=1S/C13H13N3O2/c17-16(18)13-3-1-11(2-4-13)5-10-15-12-6-8-14-9-7-12/h1-4,6-9H,5,10H2,(H,14,15). The molecule has 2 aromatic rings. The number of nitro benzene ring substituents is 1. The fraction of sp³-hybridized carbons (Fsp3) is 0.154. The number of anilines is 1. The van der Waals surface area contributed by atoms with E-state index in [0.29, 0.717) is 0 Å². The van der Waals surface area contributed by atoms with Crippen molar-refractivity contribution in [1.82, 2.24) is 4.98 Å². The van der Waals surface area contributed by atoms with Crippen LogP contribution in [0.3, 0.4) is 0 Å². The van der Waals surface area contributed by atoms with E-state index in [0.717, 1.165) is 24.2 Å². The van der Waals surface area contributed by atoms with Gasteiger partial charge in [-0.25, -0.2) is 0 Å². The Morgan fingerprint density at radius 1 is 1.11 bits per heavy atom. The lowest BCUT2D eigenvalue weighted by molar-refractivity contribution is -0.384. The van der Waals surface area contributed by atoms with Gasteiger partial charge in [-0.1, -0.05) is 12.1 Å². The molecule has 0 aliphatic carbocycles. The summed E-state index contributed by atoms with van der Waals surface area (Å²) < 4.78 is 0. The second-order valence-corrected chi connectivity index (χ2v) is 3.84. The minimum atomic E-state index is -0.390. The Bertz CT molecular complexity index is 512. The van der Waals surface area contributed by atoms with E-state index < -0.39 is 0 Å². The monoisotopic (exact) mass is 243 g/mol. The molecule has 5 heteroatoms. The van der Waals surface area contributed by atoms with Crippen molar-refractivity contribution in [2.45, 2.75) is 6.42 Å². The van der Waals surface area contributed by atoms with Gasteiger partial charge in [-0.05, 0) is 24.1 Å². The van der Waals surface area contributed by atoms with Crippen LogP contribution < -0.4 is 5.32 Å². The first-order chi connectivity index (χ1) is 8.75. The van der Waals surface area contributed by atoms with Gasteiger partial charge in [0.1, 0.15) is 0 Å². The maximum atomic E-state index is 10.5. The van der Waals surface area contributed by atoms with Crippen molar-refractivity contribution in [2.75, 3.05) is 11.9 Å². The van der Waals surface area contributed by atoms with Gasteiger partial charge in [0.05, 0.1) is 4.92 Å². The average Bonchev–Trinajstić information content (AvgIpc) is 2.40. The fourth-order valence-corrected chi connectivity index (χ4v) is 1.61. The molecule has 0 fully saturated rings. The first-order valence-corrected chi connectivity index (χ1v) is 5.63. The molecule has 1 N–H and O–H groups in total. The molecule has 1 aromatic carbocycles. The van der Waals surface area contributed by atoms with Crippen LogP contribution in [0.25, 0.3) is 0 Å². The summed E-state index contributed by atoms with van der Waals surface area (Å²) in [4.78, 5) is 14.0. The number of non-ortho nitro benzene ring substituents is 1. The van der Waals surface area contributed by atoms with Crippen LogP contribution in [0.4, 0.5) is 11.4 Å². The third-order valence-corrected chi connectivity index (χ3v) is 2.57. The summed E-state index contributed by atoms with van der Waals surface area (Å²) >= 11 is 0. The van der Waals surface area contributed by atoms with Gasteiger partial charge in [-0.2, -0.15) is 0 Å². The van der Waals surface area contributed by atoms with Gasteiger partial charge in [0.15, 0.2) is 0 Å². The Balaban J connectivity index is 1.85. The third-order valence-electron chi connectivity index (χ3n) is 2.57. The molecular formula is C13H13N3O2. The lowest BCUT2D eigenvalue weighted by Crippen LogP contribution is -2.04. The number of hydrogen-bond donors (Lipinski definition) is 1. The van der Waals surface area contributed by atoms with Crippen molar-refractivity contribution in [2.24, 2.45) is 0 Å². The second-order valence-electron chi connectivity index (χ2n) is 3.84. The zero-order valence-electron chi connectivity index (χ0n) is 9.74. The minimum absolute atomic E-state index is 0.126. The largest absolute Gasteiger partial charge is 0.385 e. The fourth-order valence-electron chi connectivity index (χ4n) is 1.61. The Morgan fingerprint density at radius 2 is 1.78 bits per heavy atom. The van der Waals surface area contributed by atoms with Crippen molar-refractivity contribution >= 4 is 11.4 Å². The molecule has 0 aliphatic heterocycles. The highest BCUT2D eigenvalue weighted by atomic mass is 16.6. The number of hydrogen-bond acceptors (Lipinski definition) is 4. The first kappa shape index (κ1) is 12.0. The smallest absolute Gasteiger partial charge is 0.269 e. The number of pyridine rings is 1. The van der Waals surface area contributed by atoms with Gasteiger partial charge >= 0.3 is 0 Å². The van der Waals surface area contributed by atoms with E-state index >= 15 is 0 Å². The molecule has 0 amide bonds. The molecule has 1 heterocycles.